The molecule has 0 aliphatic heterocycles. The topological polar surface area (TPSA) is 35.5 Å². The highest BCUT2D eigenvalue weighted by Crippen LogP contribution is 2.22. The normalized spacial score (nSPS) is 9.95. The summed E-state index contributed by atoms with van der Waals surface area (Å²) in [6.07, 6.45) is 1.11. The van der Waals surface area contributed by atoms with Crippen LogP contribution in [0.1, 0.15) is 0 Å². The molecule has 21 heavy (non-hydrogen) atoms. The maximum Gasteiger partial charge on any atom is 0.330 e. The van der Waals surface area contributed by atoms with Crippen LogP contribution in [0.4, 0.5) is 4.39 Å². The van der Waals surface area contributed by atoms with Crippen LogP contribution in [0, 0.1) is 5.82 Å². The Bertz CT molecular complexity index is 603. The Labute approximate surface area is 122 Å². The summed E-state index contributed by atoms with van der Waals surface area (Å²) < 4.78 is 23.1. The van der Waals surface area contributed by atoms with E-state index in [1.54, 1.807) is 12.1 Å². The van der Waals surface area contributed by atoms with E-state index in [9.17, 15) is 9.18 Å². The van der Waals surface area contributed by atoms with Gasteiger partial charge >= 0.3 is 5.97 Å². The monoisotopic (exact) mass is 286 g/mol. The van der Waals surface area contributed by atoms with Crippen LogP contribution in [0.2, 0.25) is 0 Å². The summed E-state index contributed by atoms with van der Waals surface area (Å²) in [6.45, 7) is 3.75. The number of hydrogen-bond acceptors (Lipinski definition) is 3. The average molecular weight is 286 g/mol. The van der Waals surface area contributed by atoms with Crippen molar-refractivity contribution < 1.29 is 18.7 Å². The van der Waals surface area contributed by atoms with Gasteiger partial charge in [0, 0.05) is 6.08 Å². The van der Waals surface area contributed by atoms with Crippen LogP contribution in [0.15, 0.2) is 61.2 Å². The van der Waals surface area contributed by atoms with Gasteiger partial charge in [-0.25, -0.2) is 9.18 Å². The first-order valence-corrected chi connectivity index (χ1v) is 6.47. The molecule has 0 amide bonds. The number of carbonyl (C=O) groups is 1. The lowest BCUT2D eigenvalue weighted by Gasteiger charge is -2.07. The number of rotatable bonds is 6. The average Bonchev–Trinajstić information content (AvgIpc) is 2.52. The molecule has 3 nitrogen and oxygen atoms in total. The number of hydrogen-bond donors (Lipinski definition) is 0. The van der Waals surface area contributed by atoms with Crippen molar-refractivity contribution in [3.8, 4) is 16.9 Å². The zero-order chi connectivity index (χ0) is 15.1. The fourth-order valence-corrected chi connectivity index (χ4v) is 1.75. The summed E-state index contributed by atoms with van der Waals surface area (Å²) >= 11 is 0. The summed E-state index contributed by atoms with van der Waals surface area (Å²) in [5, 5.41) is 0. The molecule has 0 aliphatic rings. The fourth-order valence-electron chi connectivity index (χ4n) is 1.75. The second-order valence-electron chi connectivity index (χ2n) is 4.25. The zero-order valence-corrected chi connectivity index (χ0v) is 11.4. The van der Waals surface area contributed by atoms with Crippen molar-refractivity contribution in [3.63, 3.8) is 0 Å². The first kappa shape index (κ1) is 14.8. The lowest BCUT2D eigenvalue weighted by Crippen LogP contribution is -2.10. The van der Waals surface area contributed by atoms with Crippen LogP contribution >= 0.6 is 0 Å². The Hall–Kier alpha value is -2.62. The van der Waals surface area contributed by atoms with Crippen molar-refractivity contribution >= 4 is 5.97 Å². The molecule has 0 N–H and O–H groups in total. The van der Waals surface area contributed by atoms with E-state index in [1.165, 1.54) is 12.1 Å². The minimum Gasteiger partial charge on any atom is -0.490 e. The number of ether oxygens (including phenoxy) is 2. The van der Waals surface area contributed by atoms with Crippen LogP contribution in [-0.2, 0) is 9.53 Å². The molecule has 4 heteroatoms. The largest absolute Gasteiger partial charge is 0.490 e. The molecule has 0 aliphatic carbocycles. The maximum absolute atomic E-state index is 12.9. The highest BCUT2D eigenvalue weighted by atomic mass is 19.1. The van der Waals surface area contributed by atoms with Gasteiger partial charge in [0.2, 0.25) is 0 Å². The van der Waals surface area contributed by atoms with Crippen LogP contribution in [-0.4, -0.2) is 19.2 Å². The molecule has 2 rings (SSSR count). The van der Waals surface area contributed by atoms with Gasteiger partial charge in [0.1, 0.15) is 24.8 Å². The second-order valence-corrected chi connectivity index (χ2v) is 4.25. The standard InChI is InChI=1S/C17H15FO3/c1-2-17(19)21-12-11-20-16-9-5-14(6-10-16)13-3-7-15(18)8-4-13/h2-10H,1,11-12H2. The predicted octanol–water partition coefficient (Wildman–Crippen LogP) is 3.60. The van der Waals surface area contributed by atoms with E-state index in [2.05, 4.69) is 6.58 Å². The molecule has 2 aromatic rings. The highest BCUT2D eigenvalue weighted by Gasteiger charge is 2.00. The van der Waals surface area contributed by atoms with E-state index in [1.807, 2.05) is 24.3 Å². The molecule has 108 valence electrons. The van der Waals surface area contributed by atoms with Gasteiger partial charge < -0.3 is 9.47 Å². The van der Waals surface area contributed by atoms with Crippen molar-refractivity contribution in [2.24, 2.45) is 0 Å². The molecule has 0 bridgehead atoms. The molecule has 0 fully saturated rings. The summed E-state index contributed by atoms with van der Waals surface area (Å²) in [5.41, 5.74) is 1.91. The Balaban J connectivity index is 1.88. The summed E-state index contributed by atoms with van der Waals surface area (Å²) in [6, 6.07) is 13.7. The highest BCUT2D eigenvalue weighted by molar-refractivity contribution is 5.81. The quantitative estimate of drug-likeness (QED) is 0.462. The zero-order valence-electron chi connectivity index (χ0n) is 11.4. The molecule has 0 saturated heterocycles. The SMILES string of the molecule is C=CC(=O)OCCOc1ccc(-c2ccc(F)cc2)cc1. The minimum absolute atomic E-state index is 0.171. The van der Waals surface area contributed by atoms with Crippen LogP contribution in [0.25, 0.3) is 11.1 Å². The van der Waals surface area contributed by atoms with Crippen molar-refractivity contribution in [3.05, 3.63) is 67.0 Å². The molecule has 0 spiro atoms. The molecular weight excluding hydrogens is 271 g/mol. The Morgan fingerprint density at radius 1 is 1.00 bits per heavy atom. The third-order valence-electron chi connectivity index (χ3n) is 2.79. The first-order valence-electron chi connectivity index (χ1n) is 6.47. The number of halogens is 1. The van der Waals surface area contributed by atoms with Gasteiger partial charge in [-0.1, -0.05) is 30.8 Å². The van der Waals surface area contributed by atoms with Crippen LogP contribution in [0.5, 0.6) is 5.75 Å². The van der Waals surface area contributed by atoms with Gasteiger partial charge in [-0.15, -0.1) is 0 Å². The smallest absolute Gasteiger partial charge is 0.330 e. The molecule has 0 radical (unpaired) electrons. The first-order chi connectivity index (χ1) is 10.2. The number of carbonyl (C=O) groups excluding carboxylic acids is 1. The summed E-state index contributed by atoms with van der Waals surface area (Å²) in [7, 11) is 0. The van der Waals surface area contributed by atoms with Gasteiger partial charge in [0.15, 0.2) is 0 Å². The third-order valence-corrected chi connectivity index (χ3v) is 2.79. The Morgan fingerprint density at radius 2 is 1.57 bits per heavy atom. The Kier molecular flexibility index (Phi) is 5.10. The molecule has 0 aromatic heterocycles. The van der Waals surface area contributed by atoms with Gasteiger partial charge in [0.25, 0.3) is 0 Å². The number of esters is 1. The van der Waals surface area contributed by atoms with Gasteiger partial charge in [0.05, 0.1) is 0 Å². The predicted molar refractivity (Wildman–Crippen MR) is 78.5 cm³/mol. The minimum atomic E-state index is -0.467. The van der Waals surface area contributed by atoms with Crippen molar-refractivity contribution in [1.29, 1.82) is 0 Å². The van der Waals surface area contributed by atoms with Crippen molar-refractivity contribution in [2.75, 3.05) is 13.2 Å². The third kappa shape index (κ3) is 4.45. The van der Waals surface area contributed by atoms with Crippen molar-refractivity contribution in [2.45, 2.75) is 0 Å². The molecule has 0 atom stereocenters. The molecular formula is C17H15FO3. The fraction of sp³-hybridized carbons (Fsp3) is 0.118. The number of benzene rings is 2. The van der Waals surface area contributed by atoms with Crippen molar-refractivity contribution in [1.82, 2.24) is 0 Å². The van der Waals surface area contributed by atoms with Gasteiger partial charge in [-0.05, 0) is 35.4 Å². The van der Waals surface area contributed by atoms with E-state index < -0.39 is 5.97 Å². The second kappa shape index (κ2) is 7.24. The van der Waals surface area contributed by atoms with E-state index in [4.69, 9.17) is 9.47 Å². The van der Waals surface area contributed by atoms with E-state index in [-0.39, 0.29) is 19.0 Å². The van der Waals surface area contributed by atoms with Gasteiger partial charge in [-0.2, -0.15) is 0 Å². The van der Waals surface area contributed by atoms with E-state index in [0.29, 0.717) is 5.75 Å². The summed E-state index contributed by atoms with van der Waals surface area (Å²) in [4.78, 5) is 10.8. The van der Waals surface area contributed by atoms with E-state index >= 15 is 0 Å². The lowest BCUT2D eigenvalue weighted by atomic mass is 10.1. The molecule has 0 heterocycles. The van der Waals surface area contributed by atoms with Crippen LogP contribution < -0.4 is 4.74 Å². The molecule has 2 aromatic carbocycles. The molecule has 0 unspecified atom stereocenters. The van der Waals surface area contributed by atoms with Crippen LogP contribution in [0.3, 0.4) is 0 Å². The van der Waals surface area contributed by atoms with E-state index in [0.717, 1.165) is 17.2 Å². The Morgan fingerprint density at radius 3 is 2.14 bits per heavy atom. The maximum atomic E-state index is 12.9. The van der Waals surface area contributed by atoms with Gasteiger partial charge in [-0.3, -0.25) is 0 Å². The molecule has 0 saturated carbocycles. The summed E-state index contributed by atoms with van der Waals surface area (Å²) in [5.74, 6) is -0.0476. The lowest BCUT2D eigenvalue weighted by molar-refractivity contribution is -0.138.